The minimum atomic E-state index is 0.684. The zero-order valence-electron chi connectivity index (χ0n) is 9.52. The second kappa shape index (κ2) is 6.77. The van der Waals surface area contributed by atoms with E-state index in [2.05, 4.69) is 31.6 Å². The van der Waals surface area contributed by atoms with Crippen LogP contribution in [0.3, 0.4) is 0 Å². The Morgan fingerprint density at radius 2 is 2.33 bits per heavy atom. The lowest BCUT2D eigenvalue weighted by Crippen LogP contribution is -2.04. The number of nitrogens with zero attached hydrogens (tertiary/aromatic N) is 2. The van der Waals surface area contributed by atoms with Crippen molar-refractivity contribution >= 4 is 12.6 Å². The molecule has 4 heteroatoms. The van der Waals surface area contributed by atoms with E-state index in [1.165, 1.54) is 0 Å². The second-order valence-electron chi connectivity index (χ2n) is 3.79. The van der Waals surface area contributed by atoms with Crippen LogP contribution in [0.4, 0.5) is 0 Å². The Labute approximate surface area is 97.2 Å². The Bertz CT molecular complexity index is 275. The Morgan fingerprint density at radius 1 is 1.53 bits per heavy atom. The van der Waals surface area contributed by atoms with Gasteiger partial charge in [0, 0.05) is 6.54 Å². The number of hydrogen-bond donors (Lipinski definition) is 1. The highest BCUT2D eigenvalue weighted by atomic mass is 32.1. The van der Waals surface area contributed by atoms with E-state index in [1.807, 2.05) is 10.9 Å². The summed E-state index contributed by atoms with van der Waals surface area (Å²) in [6, 6.07) is 0. The third kappa shape index (κ3) is 4.60. The molecule has 0 radical (unpaired) electrons. The van der Waals surface area contributed by atoms with Crippen LogP contribution in [0.1, 0.15) is 26.7 Å². The molecule has 0 saturated carbocycles. The molecule has 1 aromatic rings. The van der Waals surface area contributed by atoms with Crippen molar-refractivity contribution < 1.29 is 4.74 Å². The fourth-order valence-electron chi connectivity index (χ4n) is 1.33. The maximum atomic E-state index is 5.60. The van der Waals surface area contributed by atoms with Crippen molar-refractivity contribution in [2.45, 2.75) is 33.2 Å². The van der Waals surface area contributed by atoms with Gasteiger partial charge in [-0.15, -0.1) is 0 Å². The fraction of sp³-hybridized carbons (Fsp3) is 0.727. The molecule has 0 amide bonds. The van der Waals surface area contributed by atoms with Crippen molar-refractivity contribution in [1.82, 2.24) is 9.78 Å². The number of hydrogen-bond acceptors (Lipinski definition) is 3. The number of aryl methyl sites for hydroxylation is 1. The maximum absolute atomic E-state index is 5.60. The number of rotatable bonds is 7. The SMILES string of the molecule is CCn1cc(OCCC(C)CCS)cn1. The Kier molecular flexibility index (Phi) is 5.61. The molecule has 15 heavy (non-hydrogen) atoms. The quantitative estimate of drug-likeness (QED) is 0.726. The first-order chi connectivity index (χ1) is 7.26. The van der Waals surface area contributed by atoms with Crippen molar-refractivity contribution in [2.75, 3.05) is 12.4 Å². The molecule has 0 fully saturated rings. The molecule has 0 aliphatic carbocycles. The Morgan fingerprint density at radius 3 is 2.93 bits per heavy atom. The fourth-order valence-corrected chi connectivity index (χ4v) is 1.78. The van der Waals surface area contributed by atoms with Crippen LogP contribution in [0.2, 0.25) is 0 Å². The van der Waals surface area contributed by atoms with Gasteiger partial charge >= 0.3 is 0 Å². The van der Waals surface area contributed by atoms with Crippen molar-refractivity contribution in [1.29, 1.82) is 0 Å². The van der Waals surface area contributed by atoms with Crippen molar-refractivity contribution in [2.24, 2.45) is 5.92 Å². The molecule has 3 nitrogen and oxygen atoms in total. The summed E-state index contributed by atoms with van der Waals surface area (Å²) < 4.78 is 7.46. The summed E-state index contributed by atoms with van der Waals surface area (Å²) >= 11 is 4.21. The molecule has 0 aromatic carbocycles. The molecule has 0 N–H and O–H groups in total. The molecule has 86 valence electrons. The van der Waals surface area contributed by atoms with E-state index in [0.717, 1.165) is 37.5 Å². The minimum Gasteiger partial charge on any atom is -0.490 e. The molecular weight excluding hydrogens is 208 g/mol. The maximum Gasteiger partial charge on any atom is 0.157 e. The molecule has 1 unspecified atom stereocenters. The molecule has 1 rings (SSSR count). The van der Waals surface area contributed by atoms with E-state index < -0.39 is 0 Å². The summed E-state index contributed by atoms with van der Waals surface area (Å²) in [5, 5.41) is 4.15. The largest absolute Gasteiger partial charge is 0.490 e. The van der Waals surface area contributed by atoms with Gasteiger partial charge in [0.2, 0.25) is 0 Å². The summed E-state index contributed by atoms with van der Waals surface area (Å²) in [6.45, 7) is 5.95. The van der Waals surface area contributed by atoms with Crippen LogP contribution >= 0.6 is 12.6 Å². The zero-order chi connectivity index (χ0) is 11.1. The van der Waals surface area contributed by atoms with Gasteiger partial charge in [-0.25, -0.2) is 0 Å². The van der Waals surface area contributed by atoms with Crippen LogP contribution in [-0.2, 0) is 6.54 Å². The van der Waals surface area contributed by atoms with E-state index in [1.54, 1.807) is 6.20 Å². The van der Waals surface area contributed by atoms with E-state index in [-0.39, 0.29) is 0 Å². The van der Waals surface area contributed by atoms with E-state index in [4.69, 9.17) is 4.74 Å². The van der Waals surface area contributed by atoms with Gasteiger partial charge in [-0.3, -0.25) is 4.68 Å². The van der Waals surface area contributed by atoms with E-state index in [9.17, 15) is 0 Å². The lowest BCUT2D eigenvalue weighted by Gasteiger charge is -2.09. The summed E-state index contributed by atoms with van der Waals surface area (Å²) in [5.74, 6) is 2.51. The van der Waals surface area contributed by atoms with Crippen molar-refractivity contribution in [3.8, 4) is 5.75 Å². The lowest BCUT2D eigenvalue weighted by atomic mass is 10.1. The Hall–Kier alpha value is -0.640. The molecule has 0 aliphatic rings. The Balaban J connectivity index is 2.19. The third-order valence-electron chi connectivity index (χ3n) is 2.43. The molecule has 0 saturated heterocycles. The predicted molar refractivity (Wildman–Crippen MR) is 65.6 cm³/mol. The molecule has 0 aliphatic heterocycles. The number of thiol groups is 1. The number of ether oxygens (including phenoxy) is 1. The van der Waals surface area contributed by atoms with Crippen LogP contribution in [-0.4, -0.2) is 22.1 Å². The summed E-state index contributed by atoms with van der Waals surface area (Å²) in [7, 11) is 0. The molecule has 1 aromatic heterocycles. The standard InChI is InChI=1S/C11H20N2OS/c1-3-13-9-11(8-12-13)14-6-4-10(2)5-7-15/h8-10,15H,3-7H2,1-2H3. The molecule has 1 atom stereocenters. The molecule has 0 spiro atoms. The highest BCUT2D eigenvalue weighted by Gasteiger charge is 2.02. The molecular formula is C11H20N2OS. The van der Waals surface area contributed by atoms with E-state index >= 15 is 0 Å². The first kappa shape index (κ1) is 12.4. The number of aromatic nitrogens is 2. The smallest absolute Gasteiger partial charge is 0.157 e. The lowest BCUT2D eigenvalue weighted by molar-refractivity contribution is 0.282. The van der Waals surface area contributed by atoms with Crippen LogP contribution in [0.25, 0.3) is 0 Å². The predicted octanol–water partition coefficient (Wildman–Crippen LogP) is 2.63. The average molecular weight is 228 g/mol. The highest BCUT2D eigenvalue weighted by Crippen LogP contribution is 2.12. The summed E-state index contributed by atoms with van der Waals surface area (Å²) in [5.41, 5.74) is 0. The highest BCUT2D eigenvalue weighted by molar-refractivity contribution is 7.80. The van der Waals surface area contributed by atoms with Gasteiger partial charge in [-0.1, -0.05) is 6.92 Å². The first-order valence-electron chi connectivity index (χ1n) is 5.52. The summed E-state index contributed by atoms with van der Waals surface area (Å²) in [4.78, 5) is 0. The van der Waals surface area contributed by atoms with Crippen molar-refractivity contribution in [3.05, 3.63) is 12.4 Å². The topological polar surface area (TPSA) is 27.1 Å². The van der Waals surface area contributed by atoms with Crippen LogP contribution in [0, 0.1) is 5.92 Å². The third-order valence-corrected chi connectivity index (χ3v) is 2.69. The van der Waals surface area contributed by atoms with Crippen LogP contribution in [0.5, 0.6) is 5.75 Å². The van der Waals surface area contributed by atoms with Gasteiger partial charge in [-0.05, 0) is 31.4 Å². The normalized spacial score (nSPS) is 12.7. The molecule has 1 heterocycles. The van der Waals surface area contributed by atoms with Gasteiger partial charge in [-0.2, -0.15) is 17.7 Å². The van der Waals surface area contributed by atoms with Gasteiger partial charge in [0.25, 0.3) is 0 Å². The zero-order valence-corrected chi connectivity index (χ0v) is 10.4. The van der Waals surface area contributed by atoms with Crippen LogP contribution in [0.15, 0.2) is 12.4 Å². The summed E-state index contributed by atoms with van der Waals surface area (Å²) in [6.07, 6.45) is 5.94. The van der Waals surface area contributed by atoms with Gasteiger partial charge in [0.15, 0.2) is 5.75 Å². The monoisotopic (exact) mass is 228 g/mol. The first-order valence-corrected chi connectivity index (χ1v) is 6.15. The minimum absolute atomic E-state index is 0.684. The van der Waals surface area contributed by atoms with Crippen molar-refractivity contribution in [3.63, 3.8) is 0 Å². The second-order valence-corrected chi connectivity index (χ2v) is 4.23. The van der Waals surface area contributed by atoms with Crippen LogP contribution < -0.4 is 4.74 Å². The molecule has 0 bridgehead atoms. The van der Waals surface area contributed by atoms with E-state index in [0.29, 0.717) is 5.92 Å². The van der Waals surface area contributed by atoms with Gasteiger partial charge < -0.3 is 4.74 Å². The van der Waals surface area contributed by atoms with Gasteiger partial charge in [0.05, 0.1) is 19.0 Å². The van der Waals surface area contributed by atoms with Gasteiger partial charge in [0.1, 0.15) is 0 Å². The average Bonchev–Trinajstić information content (AvgIpc) is 2.66.